The van der Waals surface area contributed by atoms with E-state index in [1.54, 1.807) is 23.1 Å². The minimum absolute atomic E-state index is 0.237. The second-order valence-corrected chi connectivity index (χ2v) is 7.60. The molecule has 0 aliphatic rings. The molecule has 0 unspecified atom stereocenters. The molecule has 1 amide bonds. The fraction of sp³-hybridized carbons (Fsp3) is 0.588. The molecule has 0 atom stereocenters. The molecule has 0 N–H and O–H groups in total. The van der Waals surface area contributed by atoms with E-state index in [1.165, 1.54) is 14.2 Å². The average Bonchev–Trinajstić information content (AvgIpc) is 2.57. The van der Waals surface area contributed by atoms with Gasteiger partial charge in [0.05, 0.1) is 26.2 Å². The fourth-order valence-corrected chi connectivity index (χ4v) is 3.34. The van der Waals surface area contributed by atoms with Crippen LogP contribution in [-0.2, 0) is 14.8 Å². The normalized spacial score (nSPS) is 11.1. The molecule has 0 aliphatic heterocycles. The summed E-state index contributed by atoms with van der Waals surface area (Å²) < 4.78 is 36.2. The number of carbonyl (C=O) groups excluding carboxylic acids is 1. The SMILES string of the molecule is CCCN(CCC)C(=O)CN(c1cc(OC)ccc1OC)S(C)(=O)=O. The van der Waals surface area contributed by atoms with Crippen molar-refractivity contribution in [3.63, 3.8) is 0 Å². The highest BCUT2D eigenvalue weighted by molar-refractivity contribution is 7.92. The van der Waals surface area contributed by atoms with E-state index in [0.29, 0.717) is 24.6 Å². The van der Waals surface area contributed by atoms with E-state index in [9.17, 15) is 13.2 Å². The van der Waals surface area contributed by atoms with Crippen molar-refractivity contribution >= 4 is 21.6 Å². The number of amides is 1. The molecule has 0 saturated heterocycles. The highest BCUT2D eigenvalue weighted by Crippen LogP contribution is 2.33. The molecule has 142 valence electrons. The lowest BCUT2D eigenvalue weighted by Gasteiger charge is -2.28. The fourth-order valence-electron chi connectivity index (χ4n) is 2.50. The maximum absolute atomic E-state index is 12.7. The van der Waals surface area contributed by atoms with Gasteiger partial charge in [-0.2, -0.15) is 0 Å². The zero-order valence-corrected chi connectivity index (χ0v) is 16.4. The molecule has 1 aromatic carbocycles. The summed E-state index contributed by atoms with van der Waals surface area (Å²) in [7, 11) is -0.739. The smallest absolute Gasteiger partial charge is 0.243 e. The van der Waals surface area contributed by atoms with Gasteiger partial charge in [-0.15, -0.1) is 0 Å². The molecule has 0 radical (unpaired) electrons. The molecule has 7 nitrogen and oxygen atoms in total. The van der Waals surface area contributed by atoms with Gasteiger partial charge in [0.2, 0.25) is 15.9 Å². The number of hydrogen-bond acceptors (Lipinski definition) is 5. The van der Waals surface area contributed by atoms with Gasteiger partial charge in [0.15, 0.2) is 0 Å². The Hall–Kier alpha value is -1.96. The number of methoxy groups -OCH3 is 2. The standard InChI is InChI=1S/C17H28N2O5S/c1-6-10-18(11-7-2)17(20)13-19(25(5,21)22)15-12-14(23-3)8-9-16(15)24-4/h8-9,12H,6-7,10-11,13H2,1-5H3. The van der Waals surface area contributed by atoms with E-state index < -0.39 is 10.0 Å². The third-order valence-corrected chi connectivity index (χ3v) is 4.80. The van der Waals surface area contributed by atoms with E-state index >= 15 is 0 Å². The van der Waals surface area contributed by atoms with Crippen LogP contribution in [0.4, 0.5) is 5.69 Å². The van der Waals surface area contributed by atoms with Gasteiger partial charge in [-0.3, -0.25) is 9.10 Å². The number of sulfonamides is 1. The number of rotatable bonds is 10. The maximum Gasteiger partial charge on any atom is 0.243 e. The van der Waals surface area contributed by atoms with E-state index in [4.69, 9.17) is 9.47 Å². The van der Waals surface area contributed by atoms with Crippen LogP contribution in [0, 0.1) is 0 Å². The Morgan fingerprint density at radius 2 is 1.68 bits per heavy atom. The van der Waals surface area contributed by atoms with Crippen molar-refractivity contribution in [2.45, 2.75) is 26.7 Å². The van der Waals surface area contributed by atoms with Gasteiger partial charge in [-0.05, 0) is 25.0 Å². The molecule has 8 heteroatoms. The predicted octanol–water partition coefficient (Wildman–Crippen LogP) is 2.12. The first-order valence-electron chi connectivity index (χ1n) is 8.25. The number of nitrogens with zero attached hydrogens (tertiary/aromatic N) is 2. The number of benzene rings is 1. The van der Waals surface area contributed by atoms with Gasteiger partial charge < -0.3 is 14.4 Å². The molecule has 1 aromatic rings. The van der Waals surface area contributed by atoms with Crippen molar-refractivity contribution in [2.75, 3.05) is 44.4 Å². The predicted molar refractivity (Wildman–Crippen MR) is 98.9 cm³/mol. The Kier molecular flexibility index (Phi) is 8.02. The van der Waals surface area contributed by atoms with Gasteiger partial charge in [0, 0.05) is 19.2 Å². The van der Waals surface area contributed by atoms with Gasteiger partial charge >= 0.3 is 0 Å². The zero-order chi connectivity index (χ0) is 19.0. The molecule has 25 heavy (non-hydrogen) atoms. The lowest BCUT2D eigenvalue weighted by Crippen LogP contribution is -2.43. The Labute approximate surface area is 150 Å². The quantitative estimate of drug-likeness (QED) is 0.629. The first-order valence-corrected chi connectivity index (χ1v) is 10.1. The third-order valence-electron chi connectivity index (χ3n) is 3.67. The second-order valence-electron chi connectivity index (χ2n) is 5.69. The van der Waals surface area contributed by atoms with E-state index in [-0.39, 0.29) is 18.1 Å². The number of hydrogen-bond donors (Lipinski definition) is 0. The summed E-state index contributed by atoms with van der Waals surface area (Å²) in [5.74, 6) is 0.603. The maximum atomic E-state index is 12.7. The van der Waals surface area contributed by atoms with E-state index in [1.807, 2.05) is 13.8 Å². The van der Waals surface area contributed by atoms with E-state index in [0.717, 1.165) is 23.4 Å². The van der Waals surface area contributed by atoms with Crippen molar-refractivity contribution in [1.29, 1.82) is 0 Å². The molecule has 0 bridgehead atoms. The second kappa shape index (κ2) is 9.50. The average molecular weight is 372 g/mol. The summed E-state index contributed by atoms with van der Waals surface area (Å²) in [6.45, 7) is 4.88. The molecule has 0 spiro atoms. The molecule has 0 aliphatic carbocycles. The molecule has 0 fully saturated rings. The van der Waals surface area contributed by atoms with Crippen molar-refractivity contribution in [1.82, 2.24) is 4.90 Å². The Bertz CT molecular complexity index is 670. The molecular weight excluding hydrogens is 344 g/mol. The van der Waals surface area contributed by atoms with Crippen LogP contribution in [0.25, 0.3) is 0 Å². The number of carbonyl (C=O) groups is 1. The zero-order valence-electron chi connectivity index (χ0n) is 15.6. The van der Waals surface area contributed by atoms with Gasteiger partial charge in [-0.1, -0.05) is 13.8 Å². The Morgan fingerprint density at radius 3 is 2.12 bits per heavy atom. The van der Waals surface area contributed by atoms with Crippen LogP contribution in [0.5, 0.6) is 11.5 Å². The first kappa shape index (κ1) is 21.1. The first-order chi connectivity index (χ1) is 11.8. The molecule has 1 rings (SSSR count). The van der Waals surface area contributed by atoms with Gasteiger partial charge in [0.25, 0.3) is 0 Å². The van der Waals surface area contributed by atoms with Gasteiger partial charge in [0.1, 0.15) is 18.0 Å². The van der Waals surface area contributed by atoms with Crippen LogP contribution in [0.2, 0.25) is 0 Å². The summed E-state index contributed by atoms with van der Waals surface area (Å²) >= 11 is 0. The summed E-state index contributed by atoms with van der Waals surface area (Å²) in [4.78, 5) is 14.3. The Morgan fingerprint density at radius 1 is 1.08 bits per heavy atom. The lowest BCUT2D eigenvalue weighted by atomic mass is 10.2. The summed E-state index contributed by atoms with van der Waals surface area (Å²) in [6, 6.07) is 4.84. The molecule has 0 heterocycles. The van der Waals surface area contributed by atoms with Gasteiger partial charge in [-0.25, -0.2) is 8.42 Å². The molecule has 0 saturated carbocycles. The van der Waals surface area contributed by atoms with Crippen LogP contribution in [0.3, 0.4) is 0 Å². The number of anilines is 1. The lowest BCUT2D eigenvalue weighted by molar-refractivity contribution is -0.129. The minimum atomic E-state index is -3.68. The van der Waals surface area contributed by atoms with Crippen molar-refractivity contribution < 1.29 is 22.7 Å². The monoisotopic (exact) mass is 372 g/mol. The highest BCUT2D eigenvalue weighted by atomic mass is 32.2. The number of ether oxygens (including phenoxy) is 2. The minimum Gasteiger partial charge on any atom is -0.497 e. The molecule has 0 aromatic heterocycles. The topological polar surface area (TPSA) is 76.2 Å². The van der Waals surface area contributed by atoms with E-state index in [2.05, 4.69) is 0 Å². The third kappa shape index (κ3) is 5.81. The van der Waals surface area contributed by atoms with Crippen LogP contribution < -0.4 is 13.8 Å². The van der Waals surface area contributed by atoms with Crippen molar-refractivity contribution in [3.05, 3.63) is 18.2 Å². The van der Waals surface area contributed by atoms with Crippen molar-refractivity contribution in [3.8, 4) is 11.5 Å². The summed E-state index contributed by atoms with van der Waals surface area (Å²) in [5.41, 5.74) is 0.283. The largest absolute Gasteiger partial charge is 0.497 e. The summed E-state index contributed by atoms with van der Waals surface area (Å²) in [6.07, 6.45) is 2.70. The Balaban J connectivity index is 3.25. The molecular formula is C17H28N2O5S. The van der Waals surface area contributed by atoms with Crippen LogP contribution >= 0.6 is 0 Å². The summed E-state index contributed by atoms with van der Waals surface area (Å²) in [5, 5.41) is 0. The highest BCUT2D eigenvalue weighted by Gasteiger charge is 2.26. The van der Waals surface area contributed by atoms with Crippen molar-refractivity contribution in [2.24, 2.45) is 0 Å². The van der Waals surface area contributed by atoms with Crippen LogP contribution in [0.1, 0.15) is 26.7 Å². The van der Waals surface area contributed by atoms with Crippen LogP contribution in [0.15, 0.2) is 18.2 Å². The van der Waals surface area contributed by atoms with Crippen LogP contribution in [-0.4, -0.2) is 59.3 Å².